The van der Waals surface area contributed by atoms with Gasteiger partial charge in [0, 0.05) is 59.5 Å². The molecule has 1 spiro atoms. The van der Waals surface area contributed by atoms with Crippen molar-refractivity contribution in [2.24, 2.45) is 0 Å². The highest BCUT2D eigenvalue weighted by Gasteiger charge is 2.62. The molecule has 1 N–H and O–H groups in total. The number of fused-ring (bicyclic) bond motifs is 9. The van der Waals surface area contributed by atoms with Crippen LogP contribution in [0.4, 0.5) is 4.79 Å². The number of hydrogen-bond acceptors (Lipinski definition) is 18. The van der Waals surface area contributed by atoms with Gasteiger partial charge in [-0.2, -0.15) is 5.26 Å². The Hall–Kier alpha value is -5.74. The molecule has 7 atom stereocenters. The van der Waals surface area contributed by atoms with Gasteiger partial charge >= 0.3 is 24.1 Å². The lowest BCUT2D eigenvalue weighted by Crippen LogP contribution is -2.69. The first-order chi connectivity index (χ1) is 45.0. The summed E-state index contributed by atoms with van der Waals surface area (Å²) in [6, 6.07) is 5.22. The third-order valence-corrected chi connectivity index (χ3v) is 21.6. The van der Waals surface area contributed by atoms with Gasteiger partial charge in [-0.1, -0.05) is 174 Å². The zero-order valence-corrected chi connectivity index (χ0v) is 58.6. The highest BCUT2D eigenvalue weighted by Crippen LogP contribution is 2.65. The molecule has 0 saturated carbocycles. The molecule has 2 saturated heterocycles. The lowest BCUT2D eigenvalue weighted by molar-refractivity contribution is -0.157. The number of esters is 3. The zero-order valence-electron chi connectivity index (χ0n) is 57.8. The van der Waals surface area contributed by atoms with Crippen molar-refractivity contribution in [2.75, 3.05) is 47.0 Å². The molecule has 7 aliphatic rings. The second-order valence-electron chi connectivity index (χ2n) is 28.0. The van der Waals surface area contributed by atoms with Crippen molar-refractivity contribution in [1.29, 1.82) is 5.26 Å². The average molecular weight is 1310 g/mol. The van der Waals surface area contributed by atoms with E-state index in [1.165, 1.54) is 134 Å². The van der Waals surface area contributed by atoms with Gasteiger partial charge in [0.2, 0.25) is 6.79 Å². The number of nitrogens with zero attached hydrogens (tertiary/aromatic N) is 3. The third-order valence-electron chi connectivity index (χ3n) is 20.1. The fourth-order valence-corrected chi connectivity index (χ4v) is 17.1. The minimum atomic E-state index is -1.49. The molecule has 4 bridgehead atoms. The van der Waals surface area contributed by atoms with E-state index in [4.69, 9.17) is 42.6 Å². The first-order valence-electron chi connectivity index (χ1n) is 35.6. The largest absolute Gasteiger partial charge is 0.514 e. The van der Waals surface area contributed by atoms with Gasteiger partial charge in [0.25, 0.3) is 0 Å². The Morgan fingerprint density at radius 1 is 0.677 bits per heavy atom. The fraction of sp³-hybridized carbons (Fsp3) is 0.693. The van der Waals surface area contributed by atoms with Crippen molar-refractivity contribution in [3.05, 3.63) is 62.7 Å². The Balaban J connectivity index is 1.07. The van der Waals surface area contributed by atoms with E-state index in [1.54, 1.807) is 40.0 Å². The molecule has 512 valence electrons. The number of ether oxygens (including phenoxy) is 9. The third kappa shape index (κ3) is 16.7. The summed E-state index contributed by atoms with van der Waals surface area (Å²) in [5, 5.41) is 14.7. The van der Waals surface area contributed by atoms with Crippen LogP contribution in [0.5, 0.6) is 40.2 Å². The lowest BCUT2D eigenvalue weighted by atomic mass is 9.71. The number of likely N-dealkylation sites (N-methyl/N-ethyl adjacent to an activating group) is 1. The van der Waals surface area contributed by atoms with Gasteiger partial charge in [0.15, 0.2) is 40.0 Å². The van der Waals surface area contributed by atoms with Gasteiger partial charge in [0.05, 0.1) is 37.6 Å². The fourth-order valence-electron chi connectivity index (χ4n) is 15.4. The minimum absolute atomic E-state index is 0.0787. The Morgan fingerprint density at radius 2 is 1.24 bits per heavy atom. The molecule has 0 amide bonds. The second kappa shape index (κ2) is 33.8. The number of carbonyl (C=O) groups is 4. The first kappa shape index (κ1) is 71.6. The maximum Gasteiger partial charge on any atom is 0.514 e. The molecular formula is C75H108N4O13S. The normalized spacial score (nSPS) is 22.0. The van der Waals surface area contributed by atoms with Crippen molar-refractivity contribution in [3.8, 4) is 46.3 Å². The SMILES string of the molecule is CCCCCCCCCCCCCCCC(=O)Oc1c(C)c2c(c3c1[C@H]1SC[C@]4(NCCc5cc(OC(=O)OC(C)(C)C)c(OC)cc54)C(=O)OC[C@H]3N3C1[C@H]1c4c(cc(C)c(OC)c4OC(=O)CCCCCCCCCCCCCCC)C[C@H]([C@@H]3C#N)N1C)OCO2. The number of hydrogen-bond donors (Lipinski definition) is 1. The van der Waals surface area contributed by atoms with Crippen LogP contribution < -0.4 is 38.5 Å². The van der Waals surface area contributed by atoms with Crippen LogP contribution in [0.3, 0.4) is 0 Å². The molecule has 2 fully saturated rings. The van der Waals surface area contributed by atoms with Gasteiger partial charge in [0.1, 0.15) is 24.0 Å². The van der Waals surface area contributed by atoms with Crippen LogP contribution in [0.1, 0.15) is 276 Å². The summed E-state index contributed by atoms with van der Waals surface area (Å²) in [5.74, 6) is 1.29. The predicted octanol–water partition coefficient (Wildman–Crippen LogP) is 16.7. The van der Waals surface area contributed by atoms with Crippen LogP contribution in [0, 0.1) is 25.2 Å². The summed E-state index contributed by atoms with van der Waals surface area (Å²) in [7, 11) is 5.14. The number of carbonyl (C=O) groups excluding carboxylic acids is 4. The number of rotatable bonds is 33. The summed E-state index contributed by atoms with van der Waals surface area (Å²) in [4.78, 5) is 62.4. The molecule has 18 heteroatoms. The quantitative estimate of drug-likeness (QED) is 0.0262. The smallest absolute Gasteiger partial charge is 0.493 e. The Kier molecular flexibility index (Phi) is 26.0. The van der Waals surface area contributed by atoms with E-state index in [2.05, 4.69) is 48.1 Å². The average Bonchev–Trinajstić information content (AvgIpc) is 1.34. The minimum Gasteiger partial charge on any atom is -0.493 e. The molecule has 1 unspecified atom stereocenters. The van der Waals surface area contributed by atoms with Crippen molar-refractivity contribution in [3.63, 3.8) is 0 Å². The van der Waals surface area contributed by atoms with E-state index in [0.717, 1.165) is 60.8 Å². The van der Waals surface area contributed by atoms with E-state index in [9.17, 15) is 19.6 Å². The molecule has 93 heavy (non-hydrogen) atoms. The number of thioether (sulfide) groups is 1. The molecule has 10 rings (SSSR count). The maximum absolute atomic E-state index is 15.6. The molecular weight excluding hydrogens is 1200 g/mol. The summed E-state index contributed by atoms with van der Waals surface area (Å²) in [5.41, 5.74) is 3.54. The molecule has 3 aromatic carbocycles. The summed E-state index contributed by atoms with van der Waals surface area (Å²) in [6.07, 6.45) is 31.3. The molecule has 0 radical (unpaired) electrons. The Morgan fingerprint density at radius 3 is 1.78 bits per heavy atom. The van der Waals surface area contributed by atoms with E-state index >= 15 is 4.79 Å². The Labute approximate surface area is 559 Å². The van der Waals surface area contributed by atoms with Gasteiger partial charge < -0.3 is 42.6 Å². The van der Waals surface area contributed by atoms with Crippen molar-refractivity contribution in [1.82, 2.24) is 15.1 Å². The first-order valence-corrected chi connectivity index (χ1v) is 36.7. The van der Waals surface area contributed by atoms with Gasteiger partial charge in [-0.15, -0.1) is 11.8 Å². The number of nitriles is 1. The molecule has 7 heterocycles. The van der Waals surface area contributed by atoms with E-state index in [-0.39, 0.29) is 61.5 Å². The number of unbranched alkanes of at least 4 members (excludes halogenated alkanes) is 24. The predicted molar refractivity (Wildman–Crippen MR) is 362 cm³/mol. The second-order valence-corrected chi connectivity index (χ2v) is 29.1. The maximum atomic E-state index is 15.6. The van der Waals surface area contributed by atoms with Crippen molar-refractivity contribution in [2.45, 2.75) is 288 Å². The Bertz CT molecular complexity index is 3100. The van der Waals surface area contributed by atoms with Crippen molar-refractivity contribution < 1.29 is 61.8 Å². The van der Waals surface area contributed by atoms with Crippen LogP contribution in [0.25, 0.3) is 0 Å². The van der Waals surface area contributed by atoms with E-state index < -0.39 is 52.7 Å². The van der Waals surface area contributed by atoms with Crippen molar-refractivity contribution >= 4 is 35.8 Å². The van der Waals surface area contributed by atoms with Gasteiger partial charge in [-0.3, -0.25) is 24.7 Å². The summed E-state index contributed by atoms with van der Waals surface area (Å²) < 4.78 is 56.7. The van der Waals surface area contributed by atoms with Crippen LogP contribution >= 0.6 is 11.8 Å². The number of aryl methyl sites for hydroxylation is 1. The highest BCUT2D eigenvalue weighted by atomic mass is 32.2. The van der Waals surface area contributed by atoms with E-state index in [0.29, 0.717) is 83.2 Å². The zero-order chi connectivity index (χ0) is 66.2. The van der Waals surface area contributed by atoms with Gasteiger partial charge in [-0.05, 0) is 102 Å². The summed E-state index contributed by atoms with van der Waals surface area (Å²) >= 11 is 1.51. The van der Waals surface area contributed by atoms with Crippen LogP contribution in [-0.4, -0.2) is 105 Å². The molecule has 0 aromatic heterocycles. The topological polar surface area (TPSA) is 194 Å². The lowest BCUT2D eigenvalue weighted by Gasteiger charge is -2.62. The number of benzene rings is 3. The van der Waals surface area contributed by atoms with E-state index in [1.807, 2.05) is 13.8 Å². The molecule has 3 aromatic rings. The van der Waals surface area contributed by atoms with Crippen LogP contribution in [-0.2, 0) is 42.2 Å². The monoisotopic (exact) mass is 1300 g/mol. The molecule has 7 aliphatic heterocycles. The molecule has 17 nitrogen and oxygen atoms in total. The standard InChI is InChI=1S/C75H108N4O13S/c1-11-13-15-17-19-21-23-25-27-29-31-33-35-37-59(80)90-67-50(4)68-69(88-48-87-68)62-56-46-86-72(82)75(53-44-57(84-9)58(43-51(53)39-40-77-75)89-73(83)92-74(5,6)7)47-93-71(63(62)67)65-64-61-52(42-54(78(64)8)55(45-76)79(56)65)41-49(3)66(85-10)70(61)91-60(81)38-36-34-32-30-28-26-24-22-20-18-16-14-12-2/h41,43-44,54-56,64-65,71,77H,11-40,42,46-48H2,1-10H3/t54-,55+,56-,64-,65?,71-,75-/m1/s1. The number of piperazine rings is 1. The van der Waals surface area contributed by atoms with Crippen LogP contribution in [0.2, 0.25) is 0 Å². The van der Waals surface area contributed by atoms with Crippen LogP contribution in [0.15, 0.2) is 18.2 Å². The number of methoxy groups -OCH3 is 2. The summed E-state index contributed by atoms with van der Waals surface area (Å²) in [6.45, 7) is 13.7. The van der Waals surface area contributed by atoms with Gasteiger partial charge in [-0.25, -0.2) is 9.59 Å². The highest BCUT2D eigenvalue weighted by molar-refractivity contribution is 7.99. The number of nitrogens with one attached hydrogen (secondary N) is 1. The molecule has 0 aliphatic carbocycles.